The van der Waals surface area contributed by atoms with E-state index in [4.69, 9.17) is 0 Å². The number of hydrogen-bond donors (Lipinski definition) is 0. The Labute approximate surface area is 71.6 Å². The van der Waals surface area contributed by atoms with E-state index in [1.54, 1.807) is 0 Å². The fourth-order valence-corrected chi connectivity index (χ4v) is 0.478. The molecular weight excluding hydrogens is 291 g/mol. The van der Waals surface area contributed by atoms with Crippen LogP contribution in [-0.4, -0.2) is 27.3 Å². The maximum Gasteiger partial charge on any atom is 0.0119 e. The summed E-state index contributed by atoms with van der Waals surface area (Å²) in [6.07, 6.45) is 9.87. The Kier molecular flexibility index (Phi) is 4.14. The zero-order valence-electron chi connectivity index (χ0n) is 4.59. The van der Waals surface area contributed by atoms with Crippen LogP contribution in [0.25, 0.3) is 0 Å². The average molecular weight is 300 g/mol. The molecule has 0 spiro atoms. The van der Waals surface area contributed by atoms with Crippen LogP contribution in [-0.2, 0) is 0 Å². The molecule has 0 atom stereocenters. The second-order valence-electron chi connectivity index (χ2n) is 1.49. The van der Waals surface area contributed by atoms with Gasteiger partial charge < -0.3 is 0 Å². The fourth-order valence-electron chi connectivity index (χ4n) is 0.478. The van der Waals surface area contributed by atoms with Crippen LogP contribution in [0.1, 0.15) is 1.43 Å². The van der Waals surface area contributed by atoms with Gasteiger partial charge in [-0.05, 0) is 5.57 Å². The molecule has 0 aliphatic heterocycles. The third-order valence-electron chi connectivity index (χ3n) is 0.843. The van der Waals surface area contributed by atoms with Crippen molar-refractivity contribution in [1.29, 1.82) is 0 Å². The van der Waals surface area contributed by atoms with Gasteiger partial charge in [0.1, 0.15) is 0 Å². The van der Waals surface area contributed by atoms with E-state index in [0.717, 1.165) is 5.57 Å². The molecule has 8 heavy (non-hydrogen) atoms. The molecule has 1 aliphatic rings. The summed E-state index contributed by atoms with van der Waals surface area (Å²) >= 11 is 0. The van der Waals surface area contributed by atoms with Crippen molar-refractivity contribution in [1.82, 2.24) is 0 Å². The van der Waals surface area contributed by atoms with Crippen LogP contribution < -0.4 is 0 Å². The molecule has 1 heteroatoms. The van der Waals surface area contributed by atoms with E-state index in [1.807, 2.05) is 30.7 Å². The molecule has 0 nitrogen and oxygen atoms in total. The zero-order valence-corrected chi connectivity index (χ0v) is 8.48. The quantitative estimate of drug-likeness (QED) is 0.598. The van der Waals surface area contributed by atoms with Crippen LogP contribution in [0.5, 0.6) is 0 Å². The van der Waals surface area contributed by atoms with E-state index in [0.29, 0.717) is 0 Å². The zero-order chi connectivity index (χ0) is 5.11. The van der Waals surface area contributed by atoms with Gasteiger partial charge in [0.15, 0.2) is 0 Å². The largest absolute Gasteiger partial charge is 0.0952 e. The summed E-state index contributed by atoms with van der Waals surface area (Å²) in [5.41, 5.74) is 1.07. The summed E-state index contributed by atoms with van der Waals surface area (Å²) in [5.74, 6) is 0. The van der Waals surface area contributed by atoms with Crippen molar-refractivity contribution < 1.29 is 1.43 Å². The molecule has 0 fully saturated rings. The predicted octanol–water partition coefficient (Wildman–Crippen LogP) is 1.74. The van der Waals surface area contributed by atoms with Crippen molar-refractivity contribution in [2.45, 2.75) is 0 Å². The van der Waals surface area contributed by atoms with Gasteiger partial charge in [-0.25, -0.2) is 0 Å². The summed E-state index contributed by atoms with van der Waals surface area (Å²) in [6.45, 7) is 3.72. The maximum atomic E-state index is 3.72. The molecule has 0 bridgehead atoms. The molecule has 1 rings (SSSR count). The van der Waals surface area contributed by atoms with Gasteiger partial charge in [0.05, 0.1) is 0 Å². The summed E-state index contributed by atoms with van der Waals surface area (Å²) in [6, 6.07) is 0. The van der Waals surface area contributed by atoms with Gasteiger partial charge in [-0.15, -0.1) is 0 Å². The van der Waals surface area contributed by atoms with Crippen LogP contribution >= 0.6 is 0 Å². The Morgan fingerprint density at radius 3 is 2.25 bits per heavy atom. The van der Waals surface area contributed by atoms with E-state index < -0.39 is 0 Å². The molecule has 41 valence electrons. The molecule has 5 radical (unpaired) electrons. The molecule has 0 unspecified atom stereocenters. The van der Waals surface area contributed by atoms with E-state index in [-0.39, 0.29) is 28.7 Å². The minimum absolute atomic E-state index is 0. The van der Waals surface area contributed by atoms with Gasteiger partial charge in [-0.2, -0.15) is 0 Å². The third-order valence-corrected chi connectivity index (χ3v) is 0.843. The molecular formula is C7H9Pb. The summed E-state index contributed by atoms with van der Waals surface area (Å²) in [5, 5.41) is 0. The van der Waals surface area contributed by atoms with Gasteiger partial charge in [0.2, 0.25) is 0 Å². The molecule has 0 heterocycles. The number of rotatable bonds is 0. The van der Waals surface area contributed by atoms with Gasteiger partial charge in [0, 0.05) is 35.1 Å². The maximum absolute atomic E-state index is 3.72. The summed E-state index contributed by atoms with van der Waals surface area (Å²) < 4.78 is 0. The average Bonchev–Trinajstić information content (AvgIpc) is 1.69. The van der Waals surface area contributed by atoms with Crippen molar-refractivity contribution in [3.8, 4) is 0 Å². The van der Waals surface area contributed by atoms with Gasteiger partial charge >= 0.3 is 0 Å². The molecule has 0 aromatic carbocycles. The Morgan fingerprint density at radius 1 is 1.25 bits per heavy atom. The van der Waals surface area contributed by atoms with Crippen LogP contribution in [0.2, 0.25) is 0 Å². The Bertz CT molecular complexity index is 136. The standard InChI is InChI=1S/C7H7.Pb.H2/c1-7-5-3-2-4-6-7;;/h2-6H,1H2;;1H. The first-order chi connectivity index (χ1) is 3.39. The van der Waals surface area contributed by atoms with Crippen molar-refractivity contribution in [3.63, 3.8) is 0 Å². The Morgan fingerprint density at radius 2 is 2.00 bits per heavy atom. The first kappa shape index (κ1) is 8.14. The van der Waals surface area contributed by atoms with E-state index in [1.165, 1.54) is 0 Å². The minimum atomic E-state index is 0. The smallest absolute Gasteiger partial charge is 0.0119 e. The SMILES string of the molecule is C=C1[CH]C=CC=C1.[HH].[Pb]. The second-order valence-corrected chi connectivity index (χ2v) is 1.49. The first-order valence-electron chi connectivity index (χ1n) is 2.26. The van der Waals surface area contributed by atoms with Crippen molar-refractivity contribution in [2.24, 2.45) is 0 Å². The van der Waals surface area contributed by atoms with Crippen molar-refractivity contribution >= 4 is 27.3 Å². The van der Waals surface area contributed by atoms with E-state index in [9.17, 15) is 0 Å². The fraction of sp³-hybridized carbons (Fsp3) is 0. The molecule has 0 N–H and O–H groups in total. The number of allylic oxidation sites excluding steroid dienone is 5. The van der Waals surface area contributed by atoms with Crippen molar-refractivity contribution in [3.05, 3.63) is 42.9 Å². The van der Waals surface area contributed by atoms with Crippen LogP contribution in [0.3, 0.4) is 0 Å². The minimum Gasteiger partial charge on any atom is -0.0952 e. The number of hydrogen-bond acceptors (Lipinski definition) is 0. The normalized spacial score (nSPS) is 15.8. The van der Waals surface area contributed by atoms with Gasteiger partial charge in [-0.3, -0.25) is 0 Å². The summed E-state index contributed by atoms with van der Waals surface area (Å²) in [4.78, 5) is 0. The molecule has 0 amide bonds. The molecule has 0 aromatic rings. The predicted molar refractivity (Wildman–Crippen MR) is 39.6 cm³/mol. The van der Waals surface area contributed by atoms with Gasteiger partial charge in [0.25, 0.3) is 0 Å². The monoisotopic (exact) mass is 301 g/mol. The van der Waals surface area contributed by atoms with Crippen LogP contribution in [0.4, 0.5) is 0 Å². The van der Waals surface area contributed by atoms with Crippen LogP contribution in [0, 0.1) is 6.42 Å². The second kappa shape index (κ2) is 4.06. The molecule has 0 aromatic heterocycles. The molecule has 1 aliphatic carbocycles. The Balaban J connectivity index is 0. The molecule has 0 saturated heterocycles. The van der Waals surface area contributed by atoms with E-state index >= 15 is 0 Å². The van der Waals surface area contributed by atoms with E-state index in [2.05, 4.69) is 6.58 Å². The topological polar surface area (TPSA) is 0 Å². The van der Waals surface area contributed by atoms with Gasteiger partial charge in [-0.1, -0.05) is 30.9 Å². The van der Waals surface area contributed by atoms with Crippen LogP contribution in [0.15, 0.2) is 36.5 Å². The first-order valence-corrected chi connectivity index (χ1v) is 2.26. The Hall–Kier alpha value is 0.142. The molecule has 0 saturated carbocycles. The summed E-state index contributed by atoms with van der Waals surface area (Å²) in [7, 11) is 0. The van der Waals surface area contributed by atoms with Crippen molar-refractivity contribution in [2.75, 3.05) is 0 Å². The third kappa shape index (κ3) is 2.45.